The molecule has 1 saturated carbocycles. The van der Waals surface area contributed by atoms with Crippen LogP contribution in [0.1, 0.15) is 39.5 Å². The van der Waals surface area contributed by atoms with E-state index in [1.165, 1.54) is 12.8 Å². The molecule has 0 heterocycles. The van der Waals surface area contributed by atoms with E-state index in [1.54, 1.807) is 0 Å². The van der Waals surface area contributed by atoms with Crippen LogP contribution in [-0.4, -0.2) is 23.3 Å². The van der Waals surface area contributed by atoms with Crippen LogP contribution in [0.4, 0.5) is 0 Å². The zero-order valence-corrected chi connectivity index (χ0v) is 7.51. The van der Waals surface area contributed by atoms with Gasteiger partial charge in [-0.2, -0.15) is 0 Å². The fraction of sp³-hybridized carbons (Fsp3) is 1.00. The Morgan fingerprint density at radius 1 is 1.36 bits per heavy atom. The maximum atomic E-state index is 9.35. The quantitative estimate of drug-likeness (QED) is 0.633. The fourth-order valence-corrected chi connectivity index (χ4v) is 1.79. The van der Waals surface area contributed by atoms with Gasteiger partial charge in [-0.15, -0.1) is 0 Å². The van der Waals surface area contributed by atoms with Crippen LogP contribution in [0.5, 0.6) is 0 Å². The highest BCUT2D eigenvalue weighted by atomic mass is 16.3. The van der Waals surface area contributed by atoms with Gasteiger partial charge in [0.1, 0.15) is 0 Å². The summed E-state index contributed by atoms with van der Waals surface area (Å²) in [6, 6.07) is 1.10. The summed E-state index contributed by atoms with van der Waals surface area (Å²) in [6.45, 7) is 4.31. The largest absolute Gasteiger partial charge is 0.393 e. The molecule has 0 spiro atoms. The minimum atomic E-state index is -0.0556. The first-order valence-electron chi connectivity index (χ1n) is 4.62. The van der Waals surface area contributed by atoms with Crippen molar-refractivity contribution in [1.29, 1.82) is 0 Å². The van der Waals surface area contributed by atoms with Crippen molar-refractivity contribution in [3.05, 3.63) is 0 Å². The molecule has 2 atom stereocenters. The molecule has 2 N–H and O–H groups in total. The molecule has 2 unspecified atom stereocenters. The third-order valence-electron chi connectivity index (χ3n) is 2.22. The molecule has 66 valence electrons. The molecule has 0 amide bonds. The standard InChI is InChI=1S/C9H19NO/c1-7(2)10-8-4-3-5-9(11)6-8/h7-11H,3-6H2,1-2H3. The van der Waals surface area contributed by atoms with E-state index < -0.39 is 0 Å². The van der Waals surface area contributed by atoms with E-state index in [9.17, 15) is 5.11 Å². The smallest absolute Gasteiger partial charge is 0.0555 e. The van der Waals surface area contributed by atoms with Crippen molar-refractivity contribution in [3.8, 4) is 0 Å². The highest BCUT2D eigenvalue weighted by molar-refractivity contribution is 4.78. The molecule has 1 aliphatic carbocycles. The highest BCUT2D eigenvalue weighted by Crippen LogP contribution is 2.18. The molecule has 1 rings (SSSR count). The average molecular weight is 157 g/mol. The molecular weight excluding hydrogens is 138 g/mol. The minimum absolute atomic E-state index is 0.0556. The van der Waals surface area contributed by atoms with E-state index in [0.29, 0.717) is 12.1 Å². The zero-order valence-electron chi connectivity index (χ0n) is 7.51. The Hall–Kier alpha value is -0.0800. The van der Waals surface area contributed by atoms with Crippen LogP contribution in [0.25, 0.3) is 0 Å². The van der Waals surface area contributed by atoms with Crippen molar-refractivity contribution in [3.63, 3.8) is 0 Å². The van der Waals surface area contributed by atoms with Crippen LogP contribution in [0, 0.1) is 0 Å². The third kappa shape index (κ3) is 3.21. The molecular formula is C9H19NO. The second-order valence-electron chi connectivity index (χ2n) is 3.84. The van der Waals surface area contributed by atoms with Gasteiger partial charge in [-0.25, -0.2) is 0 Å². The topological polar surface area (TPSA) is 32.3 Å². The summed E-state index contributed by atoms with van der Waals surface area (Å²) in [7, 11) is 0. The maximum absolute atomic E-state index is 9.35. The summed E-state index contributed by atoms with van der Waals surface area (Å²) in [4.78, 5) is 0. The van der Waals surface area contributed by atoms with E-state index in [-0.39, 0.29) is 6.10 Å². The number of aliphatic hydroxyl groups excluding tert-OH is 1. The summed E-state index contributed by atoms with van der Waals surface area (Å²) in [6.07, 6.45) is 4.29. The van der Waals surface area contributed by atoms with Gasteiger partial charge in [-0.1, -0.05) is 13.8 Å². The van der Waals surface area contributed by atoms with Crippen LogP contribution in [-0.2, 0) is 0 Å². The number of nitrogens with one attached hydrogen (secondary N) is 1. The highest BCUT2D eigenvalue weighted by Gasteiger charge is 2.19. The normalized spacial score (nSPS) is 32.7. The molecule has 2 heteroatoms. The van der Waals surface area contributed by atoms with Gasteiger partial charge < -0.3 is 10.4 Å². The van der Waals surface area contributed by atoms with Gasteiger partial charge >= 0.3 is 0 Å². The van der Waals surface area contributed by atoms with E-state index in [4.69, 9.17) is 0 Å². The van der Waals surface area contributed by atoms with Crippen molar-refractivity contribution in [2.75, 3.05) is 0 Å². The van der Waals surface area contributed by atoms with Crippen molar-refractivity contribution >= 4 is 0 Å². The SMILES string of the molecule is CC(C)NC1CCCC(O)C1. The molecule has 0 aromatic heterocycles. The maximum Gasteiger partial charge on any atom is 0.0555 e. The van der Waals surface area contributed by atoms with Crippen LogP contribution in [0.2, 0.25) is 0 Å². The van der Waals surface area contributed by atoms with E-state index in [0.717, 1.165) is 12.8 Å². The zero-order chi connectivity index (χ0) is 8.27. The van der Waals surface area contributed by atoms with Crippen molar-refractivity contribution in [2.24, 2.45) is 0 Å². The van der Waals surface area contributed by atoms with Gasteiger partial charge in [0, 0.05) is 12.1 Å². The first kappa shape index (κ1) is 9.01. The number of hydrogen-bond donors (Lipinski definition) is 2. The van der Waals surface area contributed by atoms with Crippen molar-refractivity contribution < 1.29 is 5.11 Å². The second kappa shape index (κ2) is 4.07. The molecule has 1 aliphatic rings. The number of aliphatic hydroxyl groups is 1. The summed E-state index contributed by atoms with van der Waals surface area (Å²) in [5.41, 5.74) is 0. The Labute approximate surface area is 69.0 Å². The van der Waals surface area contributed by atoms with Crippen molar-refractivity contribution in [2.45, 2.75) is 57.7 Å². The Morgan fingerprint density at radius 2 is 2.09 bits per heavy atom. The Bertz CT molecular complexity index is 112. The first-order chi connectivity index (χ1) is 5.18. The first-order valence-corrected chi connectivity index (χ1v) is 4.62. The second-order valence-corrected chi connectivity index (χ2v) is 3.84. The fourth-order valence-electron chi connectivity index (χ4n) is 1.79. The van der Waals surface area contributed by atoms with E-state index in [1.807, 2.05) is 0 Å². The molecule has 2 nitrogen and oxygen atoms in total. The lowest BCUT2D eigenvalue weighted by molar-refractivity contribution is 0.110. The lowest BCUT2D eigenvalue weighted by atomic mass is 9.93. The van der Waals surface area contributed by atoms with E-state index >= 15 is 0 Å². The van der Waals surface area contributed by atoms with E-state index in [2.05, 4.69) is 19.2 Å². The van der Waals surface area contributed by atoms with Gasteiger partial charge in [0.2, 0.25) is 0 Å². The Kier molecular flexibility index (Phi) is 3.34. The molecule has 0 radical (unpaired) electrons. The monoisotopic (exact) mass is 157 g/mol. The average Bonchev–Trinajstić information content (AvgIpc) is 1.85. The van der Waals surface area contributed by atoms with Crippen LogP contribution in [0.3, 0.4) is 0 Å². The summed E-state index contributed by atoms with van der Waals surface area (Å²) < 4.78 is 0. The molecule has 0 bridgehead atoms. The summed E-state index contributed by atoms with van der Waals surface area (Å²) in [5, 5.41) is 12.8. The minimum Gasteiger partial charge on any atom is -0.393 e. The summed E-state index contributed by atoms with van der Waals surface area (Å²) >= 11 is 0. The van der Waals surface area contributed by atoms with Gasteiger partial charge in [-0.05, 0) is 25.7 Å². The lowest BCUT2D eigenvalue weighted by Crippen LogP contribution is -2.39. The van der Waals surface area contributed by atoms with Crippen LogP contribution >= 0.6 is 0 Å². The Morgan fingerprint density at radius 3 is 2.64 bits per heavy atom. The number of rotatable bonds is 2. The Balaban J connectivity index is 2.23. The molecule has 1 fully saturated rings. The molecule has 0 saturated heterocycles. The van der Waals surface area contributed by atoms with Crippen LogP contribution in [0.15, 0.2) is 0 Å². The van der Waals surface area contributed by atoms with Crippen molar-refractivity contribution in [1.82, 2.24) is 5.32 Å². The summed E-state index contributed by atoms with van der Waals surface area (Å²) in [5.74, 6) is 0. The number of hydrogen-bond acceptors (Lipinski definition) is 2. The van der Waals surface area contributed by atoms with Gasteiger partial charge in [0.25, 0.3) is 0 Å². The van der Waals surface area contributed by atoms with Gasteiger partial charge in [0.05, 0.1) is 6.10 Å². The van der Waals surface area contributed by atoms with Gasteiger partial charge in [0.15, 0.2) is 0 Å². The van der Waals surface area contributed by atoms with Crippen LogP contribution < -0.4 is 5.32 Å². The molecule has 0 aliphatic heterocycles. The predicted molar refractivity (Wildman–Crippen MR) is 46.5 cm³/mol. The predicted octanol–water partition coefficient (Wildman–Crippen LogP) is 1.29. The molecule has 0 aromatic rings. The van der Waals surface area contributed by atoms with Gasteiger partial charge in [-0.3, -0.25) is 0 Å². The molecule has 11 heavy (non-hydrogen) atoms. The molecule has 0 aromatic carbocycles. The third-order valence-corrected chi connectivity index (χ3v) is 2.22. The lowest BCUT2D eigenvalue weighted by Gasteiger charge is -2.28.